The van der Waals surface area contributed by atoms with Gasteiger partial charge in [-0.1, -0.05) is 50.2 Å². The lowest BCUT2D eigenvalue weighted by Gasteiger charge is -2.25. The van der Waals surface area contributed by atoms with E-state index in [1.54, 1.807) is 41.3 Å². The van der Waals surface area contributed by atoms with E-state index in [1.807, 2.05) is 19.9 Å². The van der Waals surface area contributed by atoms with Crippen molar-refractivity contribution in [3.8, 4) is 5.75 Å². The van der Waals surface area contributed by atoms with Gasteiger partial charge in [0.2, 0.25) is 0 Å². The molecule has 0 atom stereocenters. The Morgan fingerprint density at radius 1 is 0.941 bits per heavy atom. The molecule has 3 aromatic carbocycles. The molecule has 1 amide bonds. The molecule has 0 bridgehead atoms. The molecule has 0 aliphatic rings. The smallest absolute Gasteiger partial charge is 0.379 e. The van der Waals surface area contributed by atoms with Gasteiger partial charge < -0.3 is 9.08 Å². The molecule has 0 aliphatic carbocycles. The molecule has 0 aliphatic heterocycles. The van der Waals surface area contributed by atoms with E-state index in [4.69, 9.17) is 4.18 Å². The minimum Gasteiger partial charge on any atom is -0.379 e. The van der Waals surface area contributed by atoms with Crippen LogP contribution < -0.4 is 4.18 Å². The standard InChI is InChI=1S/C25H24F3NO4S/c1-18(2)16-29(24(30)20-7-4-3-5-8-20)17-19-11-13-22(14-12-19)33-34(31,32)23-10-6-9-21(15-23)25(26,27)28/h3-15,18H,16-17H2,1-2H3. The molecule has 9 heteroatoms. The second-order valence-electron chi connectivity index (χ2n) is 8.15. The topological polar surface area (TPSA) is 63.7 Å². The zero-order valence-electron chi connectivity index (χ0n) is 18.6. The lowest BCUT2D eigenvalue weighted by molar-refractivity contribution is -0.137. The predicted octanol–water partition coefficient (Wildman–Crippen LogP) is 5.77. The molecule has 0 spiro atoms. The van der Waals surface area contributed by atoms with Gasteiger partial charge in [-0.05, 0) is 53.9 Å². The summed E-state index contributed by atoms with van der Waals surface area (Å²) in [6, 6.07) is 18.3. The first-order valence-electron chi connectivity index (χ1n) is 10.5. The van der Waals surface area contributed by atoms with Gasteiger partial charge in [0.15, 0.2) is 0 Å². The fraction of sp³-hybridized carbons (Fsp3) is 0.240. The molecule has 34 heavy (non-hydrogen) atoms. The molecule has 0 heterocycles. The number of alkyl halides is 3. The Labute approximate surface area is 196 Å². The highest BCUT2D eigenvalue weighted by Gasteiger charge is 2.32. The van der Waals surface area contributed by atoms with Gasteiger partial charge in [0.05, 0.1) is 5.56 Å². The predicted molar refractivity (Wildman–Crippen MR) is 122 cm³/mol. The van der Waals surface area contributed by atoms with Gasteiger partial charge in [-0.15, -0.1) is 0 Å². The third kappa shape index (κ3) is 6.60. The summed E-state index contributed by atoms with van der Waals surface area (Å²) in [7, 11) is -4.46. The average molecular weight is 492 g/mol. The lowest BCUT2D eigenvalue weighted by atomic mass is 10.1. The maximum absolute atomic E-state index is 12.9. The van der Waals surface area contributed by atoms with Crippen LogP contribution in [-0.4, -0.2) is 25.8 Å². The summed E-state index contributed by atoms with van der Waals surface area (Å²) in [5, 5.41) is 0. The van der Waals surface area contributed by atoms with Gasteiger partial charge in [-0.2, -0.15) is 21.6 Å². The number of carbonyl (C=O) groups is 1. The van der Waals surface area contributed by atoms with E-state index in [-0.39, 0.29) is 17.6 Å². The minimum atomic E-state index is -4.67. The molecular formula is C25H24F3NO4S. The lowest BCUT2D eigenvalue weighted by Crippen LogP contribution is -2.33. The first kappa shape index (κ1) is 25.3. The van der Waals surface area contributed by atoms with E-state index in [0.717, 1.165) is 23.8 Å². The molecule has 0 aromatic heterocycles. The highest BCUT2D eigenvalue weighted by molar-refractivity contribution is 7.87. The largest absolute Gasteiger partial charge is 0.416 e. The summed E-state index contributed by atoms with van der Waals surface area (Å²) >= 11 is 0. The fourth-order valence-corrected chi connectivity index (χ4v) is 4.27. The molecule has 180 valence electrons. The Balaban J connectivity index is 1.75. The number of halogens is 3. The number of rotatable bonds is 8. The van der Waals surface area contributed by atoms with E-state index >= 15 is 0 Å². The van der Waals surface area contributed by atoms with Crippen LogP contribution in [0.5, 0.6) is 5.75 Å². The Kier molecular flexibility index (Phi) is 7.66. The van der Waals surface area contributed by atoms with Crippen molar-refractivity contribution in [2.75, 3.05) is 6.54 Å². The Bertz CT molecular complexity index is 1230. The van der Waals surface area contributed by atoms with Gasteiger partial charge in [-0.3, -0.25) is 4.79 Å². The van der Waals surface area contributed by atoms with Crippen LogP contribution in [0, 0.1) is 5.92 Å². The number of nitrogens with zero attached hydrogens (tertiary/aromatic N) is 1. The van der Waals surface area contributed by atoms with Crippen molar-refractivity contribution in [1.82, 2.24) is 4.90 Å². The van der Waals surface area contributed by atoms with Crippen molar-refractivity contribution in [2.45, 2.75) is 31.5 Å². The zero-order chi connectivity index (χ0) is 24.9. The monoisotopic (exact) mass is 491 g/mol. The number of carbonyl (C=O) groups excluding carboxylic acids is 1. The van der Waals surface area contributed by atoms with Crippen LogP contribution >= 0.6 is 0 Å². The van der Waals surface area contributed by atoms with Gasteiger partial charge >= 0.3 is 16.3 Å². The highest BCUT2D eigenvalue weighted by atomic mass is 32.2. The van der Waals surface area contributed by atoms with Crippen LogP contribution in [0.1, 0.15) is 35.3 Å². The Morgan fingerprint density at radius 3 is 2.18 bits per heavy atom. The van der Waals surface area contributed by atoms with Crippen LogP contribution in [0.25, 0.3) is 0 Å². The van der Waals surface area contributed by atoms with Gasteiger partial charge in [0.25, 0.3) is 5.91 Å². The van der Waals surface area contributed by atoms with E-state index in [9.17, 15) is 26.4 Å². The van der Waals surface area contributed by atoms with Crippen LogP contribution in [0.15, 0.2) is 83.8 Å². The molecule has 0 N–H and O–H groups in total. The molecule has 3 rings (SSSR count). The second-order valence-corrected chi connectivity index (χ2v) is 9.70. The fourth-order valence-electron chi connectivity index (χ4n) is 3.30. The summed E-state index contributed by atoms with van der Waals surface area (Å²) in [5.41, 5.74) is 0.227. The molecule has 0 saturated heterocycles. The minimum absolute atomic E-state index is 0.0500. The molecule has 0 saturated carbocycles. The Hall–Kier alpha value is -3.33. The molecule has 3 aromatic rings. The summed E-state index contributed by atoms with van der Waals surface area (Å²) in [6.45, 7) is 4.82. The van der Waals surface area contributed by atoms with Crippen LogP contribution in [0.4, 0.5) is 13.2 Å². The summed E-state index contributed by atoms with van der Waals surface area (Å²) in [4.78, 5) is 14.0. The van der Waals surface area contributed by atoms with Gasteiger partial charge in [0, 0.05) is 18.7 Å². The highest BCUT2D eigenvalue weighted by Crippen LogP contribution is 2.31. The number of hydrogen-bond acceptors (Lipinski definition) is 4. The first-order valence-corrected chi connectivity index (χ1v) is 11.9. The van der Waals surface area contributed by atoms with Crippen LogP contribution in [0.3, 0.4) is 0 Å². The average Bonchev–Trinajstić information content (AvgIpc) is 2.79. The van der Waals surface area contributed by atoms with Crippen molar-refractivity contribution < 1.29 is 30.6 Å². The molecule has 5 nitrogen and oxygen atoms in total. The van der Waals surface area contributed by atoms with Crippen LogP contribution in [-0.2, 0) is 22.8 Å². The van der Waals surface area contributed by atoms with E-state index in [0.29, 0.717) is 24.7 Å². The van der Waals surface area contributed by atoms with Crippen LogP contribution in [0.2, 0.25) is 0 Å². The molecule has 0 radical (unpaired) electrons. The summed E-state index contributed by atoms with van der Waals surface area (Å²) < 4.78 is 68.7. The number of hydrogen-bond donors (Lipinski definition) is 0. The summed E-state index contributed by atoms with van der Waals surface area (Å²) in [5.74, 6) is 0.0561. The molecule has 0 fully saturated rings. The zero-order valence-corrected chi connectivity index (χ0v) is 19.4. The number of amides is 1. The Morgan fingerprint density at radius 2 is 1.59 bits per heavy atom. The third-order valence-corrected chi connectivity index (χ3v) is 6.09. The van der Waals surface area contributed by atoms with E-state index in [2.05, 4.69) is 0 Å². The van der Waals surface area contributed by atoms with Crippen molar-refractivity contribution >= 4 is 16.0 Å². The van der Waals surface area contributed by atoms with Crippen molar-refractivity contribution in [2.24, 2.45) is 5.92 Å². The maximum atomic E-state index is 12.9. The number of benzene rings is 3. The van der Waals surface area contributed by atoms with Gasteiger partial charge in [-0.25, -0.2) is 0 Å². The second kappa shape index (κ2) is 10.3. The summed E-state index contributed by atoms with van der Waals surface area (Å²) in [6.07, 6.45) is -4.67. The van der Waals surface area contributed by atoms with E-state index < -0.39 is 26.8 Å². The molecular weight excluding hydrogens is 467 g/mol. The van der Waals surface area contributed by atoms with Crippen molar-refractivity contribution in [3.63, 3.8) is 0 Å². The normalized spacial score (nSPS) is 11.9. The van der Waals surface area contributed by atoms with Crippen molar-refractivity contribution in [3.05, 3.63) is 95.6 Å². The SMILES string of the molecule is CC(C)CN(Cc1ccc(OS(=O)(=O)c2cccc(C(F)(F)F)c2)cc1)C(=O)c1ccccc1. The van der Waals surface area contributed by atoms with E-state index in [1.165, 1.54) is 12.1 Å². The maximum Gasteiger partial charge on any atom is 0.416 e. The molecule has 0 unspecified atom stereocenters. The first-order chi connectivity index (χ1) is 16.0. The third-order valence-electron chi connectivity index (χ3n) is 4.85. The quantitative estimate of drug-likeness (QED) is 0.375. The van der Waals surface area contributed by atoms with Crippen molar-refractivity contribution in [1.29, 1.82) is 0 Å². The van der Waals surface area contributed by atoms with Gasteiger partial charge in [0.1, 0.15) is 10.6 Å².